The highest BCUT2D eigenvalue weighted by Gasteiger charge is 2.07. The van der Waals surface area contributed by atoms with Crippen LogP contribution in [-0.2, 0) is 7.05 Å². The number of hydrogen-bond acceptors (Lipinski definition) is 3. The summed E-state index contributed by atoms with van der Waals surface area (Å²) in [7, 11) is 1.99. The van der Waals surface area contributed by atoms with Crippen molar-refractivity contribution >= 4 is 11.4 Å². The topological polar surface area (TPSA) is 63.2 Å². The first kappa shape index (κ1) is 11.5. The number of hydrogen-bond donors (Lipinski definition) is 3. The van der Waals surface area contributed by atoms with Gasteiger partial charge >= 0.3 is 0 Å². The Kier molecular flexibility index (Phi) is 3.35. The fourth-order valence-electron chi connectivity index (χ4n) is 1.86. The van der Waals surface area contributed by atoms with Crippen LogP contribution < -0.4 is 11.1 Å². The van der Waals surface area contributed by atoms with Crippen LogP contribution in [-0.4, -0.2) is 22.8 Å². The maximum atomic E-state index is 8.87. The summed E-state index contributed by atoms with van der Waals surface area (Å²) in [5.41, 5.74) is 9.68. The molecule has 1 aromatic carbocycles. The van der Waals surface area contributed by atoms with Crippen LogP contribution in [0, 0.1) is 0 Å². The maximum Gasteiger partial charge on any atom is 0.0604 e. The molecule has 0 saturated carbocycles. The van der Waals surface area contributed by atoms with Gasteiger partial charge in [0.05, 0.1) is 6.61 Å². The number of rotatable bonds is 4. The third kappa shape index (κ3) is 2.42. The molecule has 0 atom stereocenters. The average Bonchev–Trinajstić information content (AvgIpc) is 2.74. The SMILES string of the molecule is Cn1cccc1-c1cc(N)ccc1NCCO. The molecule has 17 heavy (non-hydrogen) atoms. The van der Waals surface area contributed by atoms with E-state index in [2.05, 4.69) is 5.32 Å². The van der Waals surface area contributed by atoms with Crippen molar-refractivity contribution in [2.75, 3.05) is 24.2 Å². The monoisotopic (exact) mass is 231 g/mol. The molecule has 0 unspecified atom stereocenters. The zero-order valence-electron chi connectivity index (χ0n) is 9.85. The minimum Gasteiger partial charge on any atom is -0.399 e. The number of aryl methyl sites for hydroxylation is 1. The molecule has 0 bridgehead atoms. The molecular weight excluding hydrogens is 214 g/mol. The Labute approximate surface area is 101 Å². The lowest BCUT2D eigenvalue weighted by atomic mass is 10.1. The highest BCUT2D eigenvalue weighted by Crippen LogP contribution is 2.29. The van der Waals surface area contributed by atoms with Gasteiger partial charge in [-0.2, -0.15) is 0 Å². The Balaban J connectivity index is 2.43. The molecular formula is C13H17N3O. The van der Waals surface area contributed by atoms with Crippen molar-refractivity contribution in [2.24, 2.45) is 7.05 Å². The lowest BCUT2D eigenvalue weighted by molar-refractivity contribution is 0.311. The minimum absolute atomic E-state index is 0.108. The number of benzene rings is 1. The number of aliphatic hydroxyl groups excluding tert-OH is 1. The highest BCUT2D eigenvalue weighted by atomic mass is 16.3. The van der Waals surface area contributed by atoms with Crippen molar-refractivity contribution in [3.63, 3.8) is 0 Å². The third-order valence-electron chi connectivity index (χ3n) is 2.69. The molecule has 4 N–H and O–H groups in total. The Morgan fingerprint density at radius 3 is 2.82 bits per heavy atom. The van der Waals surface area contributed by atoms with E-state index in [0.717, 1.165) is 22.6 Å². The summed E-state index contributed by atoms with van der Waals surface area (Å²) in [5, 5.41) is 12.1. The van der Waals surface area contributed by atoms with E-state index in [1.807, 2.05) is 48.1 Å². The zero-order valence-corrected chi connectivity index (χ0v) is 9.85. The minimum atomic E-state index is 0.108. The van der Waals surface area contributed by atoms with Crippen LogP contribution in [0.3, 0.4) is 0 Å². The molecule has 1 heterocycles. The van der Waals surface area contributed by atoms with Crippen LogP contribution in [0.1, 0.15) is 0 Å². The van der Waals surface area contributed by atoms with Gasteiger partial charge in [-0.15, -0.1) is 0 Å². The summed E-state index contributed by atoms with van der Waals surface area (Å²) < 4.78 is 2.04. The summed E-state index contributed by atoms with van der Waals surface area (Å²) >= 11 is 0. The van der Waals surface area contributed by atoms with Crippen molar-refractivity contribution in [1.82, 2.24) is 4.57 Å². The Hall–Kier alpha value is -1.94. The van der Waals surface area contributed by atoms with Gasteiger partial charge in [0.25, 0.3) is 0 Å². The second-order valence-electron chi connectivity index (χ2n) is 3.96. The van der Waals surface area contributed by atoms with E-state index in [-0.39, 0.29) is 6.61 Å². The molecule has 2 aromatic rings. The summed E-state index contributed by atoms with van der Waals surface area (Å²) in [6.07, 6.45) is 1.99. The molecule has 0 saturated heterocycles. The fourth-order valence-corrected chi connectivity index (χ4v) is 1.86. The van der Waals surface area contributed by atoms with Crippen LogP contribution >= 0.6 is 0 Å². The number of nitrogens with two attached hydrogens (primary N) is 1. The number of nitrogen functional groups attached to an aromatic ring is 1. The molecule has 0 fully saturated rings. The van der Waals surface area contributed by atoms with Gasteiger partial charge in [-0.05, 0) is 30.3 Å². The molecule has 0 spiro atoms. The number of anilines is 2. The lowest BCUT2D eigenvalue weighted by Gasteiger charge is -2.13. The van der Waals surface area contributed by atoms with Crippen molar-refractivity contribution in [3.8, 4) is 11.3 Å². The van der Waals surface area contributed by atoms with E-state index in [9.17, 15) is 0 Å². The number of nitrogens with zero attached hydrogens (tertiary/aromatic N) is 1. The third-order valence-corrected chi connectivity index (χ3v) is 2.69. The summed E-state index contributed by atoms with van der Waals surface area (Å²) in [6, 6.07) is 9.77. The molecule has 4 nitrogen and oxygen atoms in total. The maximum absolute atomic E-state index is 8.87. The summed E-state index contributed by atoms with van der Waals surface area (Å²) in [5.74, 6) is 0. The first-order valence-electron chi connectivity index (χ1n) is 5.58. The van der Waals surface area contributed by atoms with Gasteiger partial charge in [0.15, 0.2) is 0 Å². The molecule has 0 aliphatic rings. The predicted molar refractivity (Wildman–Crippen MR) is 70.8 cm³/mol. The molecule has 4 heteroatoms. The van der Waals surface area contributed by atoms with Gasteiger partial charge in [0.1, 0.15) is 0 Å². The second kappa shape index (κ2) is 4.93. The van der Waals surface area contributed by atoms with Crippen LogP contribution in [0.2, 0.25) is 0 Å². The van der Waals surface area contributed by atoms with Gasteiger partial charge in [0, 0.05) is 42.4 Å². The first-order chi connectivity index (χ1) is 8.22. The molecule has 1 aromatic heterocycles. The van der Waals surface area contributed by atoms with E-state index in [4.69, 9.17) is 10.8 Å². The average molecular weight is 231 g/mol. The molecule has 0 aliphatic heterocycles. The molecule has 0 aliphatic carbocycles. The van der Waals surface area contributed by atoms with Crippen LogP contribution in [0.4, 0.5) is 11.4 Å². The highest BCUT2D eigenvalue weighted by molar-refractivity contribution is 5.79. The van der Waals surface area contributed by atoms with E-state index in [1.54, 1.807) is 0 Å². The van der Waals surface area contributed by atoms with E-state index < -0.39 is 0 Å². The number of aliphatic hydroxyl groups is 1. The first-order valence-corrected chi connectivity index (χ1v) is 5.58. The van der Waals surface area contributed by atoms with Crippen molar-refractivity contribution in [1.29, 1.82) is 0 Å². The smallest absolute Gasteiger partial charge is 0.0604 e. The predicted octanol–water partition coefficient (Wildman–Crippen LogP) is 1.68. The number of nitrogens with one attached hydrogen (secondary N) is 1. The zero-order chi connectivity index (χ0) is 12.3. The van der Waals surface area contributed by atoms with Crippen molar-refractivity contribution in [3.05, 3.63) is 36.5 Å². The number of aromatic nitrogens is 1. The molecule has 2 rings (SSSR count). The van der Waals surface area contributed by atoms with Crippen molar-refractivity contribution in [2.45, 2.75) is 0 Å². The van der Waals surface area contributed by atoms with Crippen LogP contribution in [0.25, 0.3) is 11.3 Å². The second-order valence-corrected chi connectivity index (χ2v) is 3.96. The van der Waals surface area contributed by atoms with Gasteiger partial charge in [-0.1, -0.05) is 0 Å². The summed E-state index contributed by atoms with van der Waals surface area (Å²) in [6.45, 7) is 0.637. The van der Waals surface area contributed by atoms with Crippen LogP contribution in [0.15, 0.2) is 36.5 Å². The normalized spacial score (nSPS) is 10.5. The van der Waals surface area contributed by atoms with E-state index in [0.29, 0.717) is 6.54 Å². The molecule has 0 radical (unpaired) electrons. The van der Waals surface area contributed by atoms with Gasteiger partial charge in [0.2, 0.25) is 0 Å². The van der Waals surface area contributed by atoms with Gasteiger partial charge in [-0.3, -0.25) is 0 Å². The fraction of sp³-hybridized carbons (Fsp3) is 0.231. The molecule has 90 valence electrons. The van der Waals surface area contributed by atoms with Crippen molar-refractivity contribution < 1.29 is 5.11 Å². The van der Waals surface area contributed by atoms with Crippen LogP contribution in [0.5, 0.6) is 0 Å². The Bertz CT molecular complexity index is 505. The van der Waals surface area contributed by atoms with E-state index >= 15 is 0 Å². The standard InChI is InChI=1S/C13H17N3O/c1-16-7-2-3-13(16)11-9-10(14)4-5-12(11)15-6-8-17/h2-5,7,9,15,17H,6,8,14H2,1H3. The summed E-state index contributed by atoms with van der Waals surface area (Å²) in [4.78, 5) is 0. The molecule has 0 amide bonds. The Morgan fingerprint density at radius 1 is 1.35 bits per heavy atom. The quantitative estimate of drug-likeness (QED) is 0.701. The Morgan fingerprint density at radius 2 is 2.18 bits per heavy atom. The van der Waals surface area contributed by atoms with Gasteiger partial charge < -0.3 is 20.7 Å². The lowest BCUT2D eigenvalue weighted by Crippen LogP contribution is -2.07. The largest absolute Gasteiger partial charge is 0.399 e. The van der Waals surface area contributed by atoms with Gasteiger partial charge in [-0.25, -0.2) is 0 Å². The van der Waals surface area contributed by atoms with E-state index in [1.165, 1.54) is 0 Å².